The van der Waals surface area contributed by atoms with E-state index in [1.54, 1.807) is 4.72 Å². The summed E-state index contributed by atoms with van der Waals surface area (Å²) in [5.74, 6) is -3.82. The van der Waals surface area contributed by atoms with Crippen molar-refractivity contribution in [2.45, 2.75) is 11.1 Å². The average Bonchev–Trinajstić information content (AvgIpc) is 2.35. The number of hydrogen-bond donors (Lipinski definition) is 1. The third kappa shape index (κ3) is 3.95. The molecule has 0 aliphatic rings. The molecule has 124 valence electrons. The fourth-order valence-electron chi connectivity index (χ4n) is 1.72. The van der Waals surface area contributed by atoms with Crippen LogP contribution in [0.25, 0.3) is 0 Å². The molecule has 2 aromatic carbocycles. The molecule has 0 spiro atoms. The van der Waals surface area contributed by atoms with E-state index in [0.29, 0.717) is 30.3 Å². The summed E-state index contributed by atoms with van der Waals surface area (Å²) < 4.78 is 103. The van der Waals surface area contributed by atoms with Crippen LogP contribution in [-0.2, 0) is 16.2 Å². The van der Waals surface area contributed by atoms with Crippen LogP contribution in [0.4, 0.5) is 32.0 Å². The summed E-state index contributed by atoms with van der Waals surface area (Å²) in [6.07, 6.45) is -5.10. The summed E-state index contributed by atoms with van der Waals surface area (Å²) in [7, 11) is -4.60. The molecular formula is C13H7F6NO2S. The second kappa shape index (κ2) is 5.76. The van der Waals surface area contributed by atoms with Crippen molar-refractivity contribution in [3.63, 3.8) is 0 Å². The molecular weight excluding hydrogens is 348 g/mol. The fourth-order valence-corrected chi connectivity index (χ4v) is 2.78. The second-order valence-corrected chi connectivity index (χ2v) is 6.09. The zero-order valence-electron chi connectivity index (χ0n) is 11.0. The Balaban J connectivity index is 2.44. The standard InChI is InChI=1S/C13H7F6NO2S/c14-7-3-8(15)5-9(4-7)20-23(21,22)10-1-2-12(16)11(6-10)13(17,18)19/h1-6,20H. The fraction of sp³-hybridized carbons (Fsp3) is 0.0769. The first-order valence-electron chi connectivity index (χ1n) is 5.85. The van der Waals surface area contributed by atoms with E-state index < -0.39 is 49.8 Å². The zero-order chi connectivity index (χ0) is 17.4. The molecule has 0 amide bonds. The van der Waals surface area contributed by atoms with Gasteiger partial charge in [0.15, 0.2) is 0 Å². The Morgan fingerprint density at radius 1 is 0.870 bits per heavy atom. The zero-order valence-corrected chi connectivity index (χ0v) is 11.8. The predicted molar refractivity (Wildman–Crippen MR) is 68.6 cm³/mol. The van der Waals surface area contributed by atoms with Crippen molar-refractivity contribution < 1.29 is 34.8 Å². The van der Waals surface area contributed by atoms with Gasteiger partial charge in [-0.3, -0.25) is 4.72 Å². The highest BCUT2D eigenvalue weighted by Gasteiger charge is 2.35. The van der Waals surface area contributed by atoms with Gasteiger partial charge in [-0.05, 0) is 30.3 Å². The van der Waals surface area contributed by atoms with Crippen LogP contribution >= 0.6 is 0 Å². The van der Waals surface area contributed by atoms with Gasteiger partial charge in [-0.15, -0.1) is 0 Å². The van der Waals surface area contributed by atoms with E-state index in [4.69, 9.17) is 0 Å². The first-order valence-corrected chi connectivity index (χ1v) is 7.33. The van der Waals surface area contributed by atoms with Gasteiger partial charge in [0.25, 0.3) is 10.0 Å². The highest BCUT2D eigenvalue weighted by molar-refractivity contribution is 7.92. The minimum Gasteiger partial charge on any atom is -0.279 e. The van der Waals surface area contributed by atoms with E-state index in [1.165, 1.54) is 0 Å². The monoisotopic (exact) mass is 355 g/mol. The maximum Gasteiger partial charge on any atom is 0.419 e. The molecule has 0 bridgehead atoms. The number of benzene rings is 2. The van der Waals surface area contributed by atoms with E-state index >= 15 is 0 Å². The molecule has 23 heavy (non-hydrogen) atoms. The minimum absolute atomic E-state index is 0.0906. The molecule has 2 aromatic rings. The van der Waals surface area contributed by atoms with Crippen molar-refractivity contribution >= 4 is 15.7 Å². The van der Waals surface area contributed by atoms with Crippen molar-refractivity contribution in [2.24, 2.45) is 0 Å². The molecule has 0 radical (unpaired) electrons. The van der Waals surface area contributed by atoms with Crippen LogP contribution in [0.15, 0.2) is 41.3 Å². The van der Waals surface area contributed by atoms with Crippen LogP contribution in [0.2, 0.25) is 0 Å². The van der Waals surface area contributed by atoms with E-state index in [-0.39, 0.29) is 6.07 Å². The van der Waals surface area contributed by atoms with E-state index in [2.05, 4.69) is 0 Å². The van der Waals surface area contributed by atoms with Gasteiger partial charge in [0, 0.05) is 6.07 Å². The molecule has 0 aromatic heterocycles. The Morgan fingerprint density at radius 2 is 1.43 bits per heavy atom. The molecule has 1 N–H and O–H groups in total. The maximum atomic E-state index is 13.2. The summed E-state index contributed by atoms with van der Waals surface area (Å²) >= 11 is 0. The Morgan fingerprint density at radius 3 is 1.96 bits per heavy atom. The van der Waals surface area contributed by atoms with Gasteiger partial charge in [-0.2, -0.15) is 13.2 Å². The highest BCUT2D eigenvalue weighted by Crippen LogP contribution is 2.33. The summed E-state index contributed by atoms with van der Waals surface area (Å²) in [6, 6.07) is 2.78. The van der Waals surface area contributed by atoms with Crippen molar-refractivity contribution in [3.05, 3.63) is 59.4 Å². The number of hydrogen-bond acceptors (Lipinski definition) is 2. The van der Waals surface area contributed by atoms with Gasteiger partial charge in [0.1, 0.15) is 17.5 Å². The van der Waals surface area contributed by atoms with Crippen LogP contribution in [0.3, 0.4) is 0 Å². The highest BCUT2D eigenvalue weighted by atomic mass is 32.2. The quantitative estimate of drug-likeness (QED) is 0.849. The molecule has 0 aliphatic heterocycles. The summed E-state index contributed by atoms with van der Waals surface area (Å²) in [5, 5.41) is 0. The molecule has 0 heterocycles. The Bertz CT molecular complexity index is 828. The Kier molecular flexibility index (Phi) is 4.29. The van der Waals surface area contributed by atoms with E-state index in [9.17, 15) is 34.8 Å². The average molecular weight is 355 g/mol. The predicted octanol–water partition coefficient (Wildman–Crippen LogP) is 3.92. The van der Waals surface area contributed by atoms with E-state index in [1.807, 2.05) is 0 Å². The van der Waals surface area contributed by atoms with Crippen molar-refractivity contribution in [1.29, 1.82) is 0 Å². The SMILES string of the molecule is O=S(=O)(Nc1cc(F)cc(F)c1)c1ccc(F)c(C(F)(F)F)c1. The summed E-state index contributed by atoms with van der Waals surface area (Å²) in [6.45, 7) is 0. The molecule has 0 fully saturated rings. The number of anilines is 1. The minimum atomic E-state index is -5.10. The Labute approximate surface area is 126 Å². The van der Waals surface area contributed by atoms with Crippen LogP contribution in [0.1, 0.15) is 5.56 Å². The van der Waals surface area contributed by atoms with Crippen molar-refractivity contribution in [1.82, 2.24) is 0 Å². The molecule has 0 saturated heterocycles. The lowest BCUT2D eigenvalue weighted by Gasteiger charge is -2.12. The second-order valence-electron chi connectivity index (χ2n) is 4.40. The third-order valence-electron chi connectivity index (χ3n) is 2.67. The topological polar surface area (TPSA) is 46.2 Å². The molecule has 0 saturated carbocycles. The molecule has 10 heteroatoms. The lowest BCUT2D eigenvalue weighted by molar-refractivity contribution is -0.140. The third-order valence-corrected chi connectivity index (χ3v) is 4.05. The van der Waals surface area contributed by atoms with Gasteiger partial charge < -0.3 is 0 Å². The molecule has 0 aliphatic carbocycles. The normalized spacial score (nSPS) is 12.3. The van der Waals surface area contributed by atoms with E-state index in [0.717, 1.165) is 0 Å². The van der Waals surface area contributed by atoms with Crippen molar-refractivity contribution in [3.8, 4) is 0 Å². The van der Waals surface area contributed by atoms with Crippen LogP contribution < -0.4 is 4.72 Å². The number of halogens is 6. The van der Waals surface area contributed by atoms with Gasteiger partial charge in [0.05, 0.1) is 16.1 Å². The molecule has 3 nitrogen and oxygen atoms in total. The first kappa shape index (κ1) is 17.1. The number of nitrogens with one attached hydrogen (secondary N) is 1. The van der Waals surface area contributed by atoms with Crippen LogP contribution in [0.5, 0.6) is 0 Å². The van der Waals surface area contributed by atoms with Gasteiger partial charge in [0.2, 0.25) is 0 Å². The summed E-state index contributed by atoms with van der Waals surface area (Å²) in [4.78, 5) is -0.907. The number of sulfonamides is 1. The van der Waals surface area contributed by atoms with Gasteiger partial charge in [-0.25, -0.2) is 21.6 Å². The molecule has 0 atom stereocenters. The number of rotatable bonds is 3. The summed E-state index contributed by atoms with van der Waals surface area (Å²) in [5.41, 5.74) is -2.30. The largest absolute Gasteiger partial charge is 0.419 e. The Hall–Kier alpha value is -2.23. The van der Waals surface area contributed by atoms with Gasteiger partial charge >= 0.3 is 6.18 Å². The first-order chi connectivity index (χ1) is 10.5. The maximum absolute atomic E-state index is 13.2. The van der Waals surface area contributed by atoms with Crippen molar-refractivity contribution in [2.75, 3.05) is 4.72 Å². The van der Waals surface area contributed by atoms with Crippen LogP contribution in [-0.4, -0.2) is 8.42 Å². The lowest BCUT2D eigenvalue weighted by atomic mass is 10.2. The van der Waals surface area contributed by atoms with Gasteiger partial charge in [-0.1, -0.05) is 0 Å². The lowest BCUT2D eigenvalue weighted by Crippen LogP contribution is -2.16. The smallest absolute Gasteiger partial charge is 0.279 e. The molecule has 2 rings (SSSR count). The molecule has 0 unspecified atom stereocenters. The number of alkyl halides is 3. The van der Waals surface area contributed by atoms with Crippen LogP contribution in [0, 0.1) is 17.5 Å².